The molecule has 0 saturated carbocycles. The molecule has 1 atom stereocenters. The minimum atomic E-state index is -0.849. The summed E-state index contributed by atoms with van der Waals surface area (Å²) in [4.78, 5) is 0. The summed E-state index contributed by atoms with van der Waals surface area (Å²) < 4.78 is 15.6. The summed E-state index contributed by atoms with van der Waals surface area (Å²) in [6.45, 7) is 3.17. The van der Waals surface area contributed by atoms with Gasteiger partial charge in [0.15, 0.2) is 0 Å². The average Bonchev–Trinajstić information content (AvgIpc) is 2.57. The van der Waals surface area contributed by atoms with Gasteiger partial charge in [-0.25, -0.2) is 4.39 Å². The van der Waals surface area contributed by atoms with E-state index in [9.17, 15) is 4.39 Å². The van der Waals surface area contributed by atoms with Crippen molar-refractivity contribution in [3.8, 4) is 0 Å². The second kappa shape index (κ2) is 3.69. The lowest BCUT2D eigenvalue weighted by atomic mass is 9.94. The summed E-state index contributed by atoms with van der Waals surface area (Å²) in [5.41, 5.74) is 8.15. The third-order valence-electron chi connectivity index (χ3n) is 2.85. The molecule has 0 saturated heterocycles. The minimum absolute atomic E-state index is 0.343. The number of halogens is 1. The van der Waals surface area contributed by atoms with Crippen molar-refractivity contribution < 1.29 is 4.39 Å². The molecule has 14 heavy (non-hydrogen) atoms. The van der Waals surface area contributed by atoms with Crippen molar-refractivity contribution in [3.05, 3.63) is 17.0 Å². The van der Waals surface area contributed by atoms with E-state index in [-0.39, 0.29) is 0 Å². The quantitative estimate of drug-likeness (QED) is 0.784. The number of nitrogens with two attached hydrogens (primary N) is 1. The second-order valence-corrected chi connectivity index (χ2v) is 3.69. The van der Waals surface area contributed by atoms with Gasteiger partial charge in [-0.15, -0.1) is 0 Å². The predicted molar refractivity (Wildman–Crippen MR) is 52.6 cm³/mol. The van der Waals surface area contributed by atoms with E-state index in [0.717, 1.165) is 36.3 Å². The van der Waals surface area contributed by atoms with Gasteiger partial charge in [0.2, 0.25) is 0 Å². The highest BCUT2D eigenvalue weighted by atomic mass is 19.1. The molecule has 1 heterocycles. The fraction of sp³-hybridized carbons (Fsp3) is 0.700. The summed E-state index contributed by atoms with van der Waals surface area (Å²) in [6, 6.07) is 0. The molecule has 1 unspecified atom stereocenters. The molecule has 1 aliphatic carbocycles. The van der Waals surface area contributed by atoms with Crippen LogP contribution >= 0.6 is 0 Å². The highest BCUT2D eigenvalue weighted by molar-refractivity contribution is 5.31. The Morgan fingerprint density at radius 1 is 1.64 bits per heavy atom. The Bertz CT molecular complexity index is 332. The molecule has 1 aromatic rings. The third kappa shape index (κ3) is 1.34. The summed E-state index contributed by atoms with van der Waals surface area (Å²) in [7, 11) is 0. The topological polar surface area (TPSA) is 43.8 Å². The number of hydrogen-bond donors (Lipinski definition) is 1. The van der Waals surface area contributed by atoms with E-state index >= 15 is 0 Å². The largest absolute Gasteiger partial charge is 0.325 e. The monoisotopic (exact) mass is 197 g/mol. The van der Waals surface area contributed by atoms with Gasteiger partial charge in [0.25, 0.3) is 0 Å². The average molecular weight is 197 g/mol. The van der Waals surface area contributed by atoms with Crippen LogP contribution in [0.15, 0.2) is 0 Å². The maximum atomic E-state index is 13.7. The summed E-state index contributed by atoms with van der Waals surface area (Å²) in [5, 5.41) is 4.33. The molecular weight excluding hydrogens is 181 g/mol. The molecule has 4 heteroatoms. The molecule has 0 radical (unpaired) electrons. The zero-order valence-electron chi connectivity index (χ0n) is 8.46. The number of rotatable bonds is 2. The molecule has 0 amide bonds. The van der Waals surface area contributed by atoms with Crippen LogP contribution in [0, 0.1) is 0 Å². The number of alkyl halides is 1. The molecule has 0 aromatic carbocycles. The second-order valence-electron chi connectivity index (χ2n) is 3.69. The van der Waals surface area contributed by atoms with E-state index in [1.807, 2.05) is 11.6 Å². The van der Waals surface area contributed by atoms with Crippen LogP contribution in [0.2, 0.25) is 0 Å². The Labute approximate surface area is 83.1 Å². The van der Waals surface area contributed by atoms with Crippen molar-refractivity contribution in [2.75, 3.05) is 0 Å². The Morgan fingerprint density at radius 2 is 2.43 bits per heavy atom. The third-order valence-corrected chi connectivity index (χ3v) is 2.85. The van der Waals surface area contributed by atoms with E-state index < -0.39 is 6.17 Å². The van der Waals surface area contributed by atoms with Gasteiger partial charge in [-0.3, -0.25) is 4.68 Å². The van der Waals surface area contributed by atoms with Crippen LogP contribution in [0.4, 0.5) is 4.39 Å². The molecular formula is C10H16FN3. The highest BCUT2D eigenvalue weighted by Gasteiger charge is 2.27. The fourth-order valence-electron chi connectivity index (χ4n) is 2.20. The SMILES string of the molecule is CCn1nc(CN)c2c1CCCC2F. The minimum Gasteiger partial charge on any atom is -0.325 e. The molecule has 0 fully saturated rings. The van der Waals surface area contributed by atoms with Gasteiger partial charge in [0.05, 0.1) is 5.69 Å². The van der Waals surface area contributed by atoms with Crippen LogP contribution < -0.4 is 5.73 Å². The van der Waals surface area contributed by atoms with Crippen molar-refractivity contribution in [2.45, 2.75) is 45.4 Å². The number of fused-ring (bicyclic) bond motifs is 1. The molecule has 1 aliphatic rings. The van der Waals surface area contributed by atoms with Crippen molar-refractivity contribution in [1.82, 2.24) is 9.78 Å². The lowest BCUT2D eigenvalue weighted by Gasteiger charge is -2.17. The van der Waals surface area contributed by atoms with Crippen molar-refractivity contribution in [3.63, 3.8) is 0 Å². The Balaban J connectivity index is 2.50. The molecule has 1 aromatic heterocycles. The predicted octanol–water partition coefficient (Wildman–Crippen LogP) is 1.71. The van der Waals surface area contributed by atoms with Crippen LogP contribution in [0.1, 0.15) is 42.9 Å². The first kappa shape index (κ1) is 9.65. The van der Waals surface area contributed by atoms with E-state index in [1.165, 1.54) is 0 Å². The first-order valence-corrected chi connectivity index (χ1v) is 5.20. The first-order valence-electron chi connectivity index (χ1n) is 5.20. The molecule has 2 N–H and O–H groups in total. The first-order chi connectivity index (χ1) is 6.77. The summed E-state index contributed by atoms with van der Waals surface area (Å²) in [6.07, 6.45) is 1.63. The van der Waals surface area contributed by atoms with Crippen molar-refractivity contribution in [2.24, 2.45) is 5.73 Å². The van der Waals surface area contributed by atoms with Crippen LogP contribution in [0.3, 0.4) is 0 Å². The molecule has 0 bridgehead atoms. The number of aromatic nitrogens is 2. The summed E-state index contributed by atoms with van der Waals surface area (Å²) >= 11 is 0. The van der Waals surface area contributed by atoms with Crippen LogP contribution in [-0.2, 0) is 19.5 Å². The molecule has 0 spiro atoms. The van der Waals surface area contributed by atoms with Gasteiger partial charge in [-0.1, -0.05) is 0 Å². The Morgan fingerprint density at radius 3 is 3.07 bits per heavy atom. The van der Waals surface area contributed by atoms with Gasteiger partial charge < -0.3 is 5.73 Å². The Hall–Kier alpha value is -0.900. The molecule has 78 valence electrons. The molecule has 3 nitrogen and oxygen atoms in total. The van der Waals surface area contributed by atoms with Crippen LogP contribution in [0.25, 0.3) is 0 Å². The van der Waals surface area contributed by atoms with E-state index in [2.05, 4.69) is 5.10 Å². The fourth-order valence-corrected chi connectivity index (χ4v) is 2.20. The summed E-state index contributed by atoms with van der Waals surface area (Å²) in [5.74, 6) is 0. The van der Waals surface area contributed by atoms with Gasteiger partial charge in [-0.05, 0) is 26.2 Å². The standard InChI is InChI=1S/C10H16FN3/c1-2-14-9-5-3-4-7(11)10(9)8(6-12)13-14/h7H,2-6,12H2,1H3. The Kier molecular flexibility index (Phi) is 2.54. The maximum Gasteiger partial charge on any atom is 0.129 e. The highest BCUT2D eigenvalue weighted by Crippen LogP contribution is 2.34. The van der Waals surface area contributed by atoms with Crippen molar-refractivity contribution in [1.29, 1.82) is 0 Å². The van der Waals surface area contributed by atoms with Crippen molar-refractivity contribution >= 4 is 0 Å². The zero-order chi connectivity index (χ0) is 10.1. The normalized spacial score (nSPS) is 20.9. The van der Waals surface area contributed by atoms with Gasteiger partial charge in [-0.2, -0.15) is 5.10 Å². The maximum absolute atomic E-state index is 13.7. The smallest absolute Gasteiger partial charge is 0.129 e. The van der Waals surface area contributed by atoms with Gasteiger partial charge in [0, 0.05) is 24.3 Å². The van der Waals surface area contributed by atoms with Gasteiger partial charge in [0.1, 0.15) is 6.17 Å². The van der Waals surface area contributed by atoms with E-state index in [4.69, 9.17) is 5.73 Å². The molecule has 2 rings (SSSR count). The number of aryl methyl sites for hydroxylation is 1. The van der Waals surface area contributed by atoms with E-state index in [0.29, 0.717) is 13.0 Å². The lowest BCUT2D eigenvalue weighted by Crippen LogP contribution is -2.10. The van der Waals surface area contributed by atoms with E-state index in [1.54, 1.807) is 0 Å². The lowest BCUT2D eigenvalue weighted by molar-refractivity contribution is 0.298. The van der Waals surface area contributed by atoms with Crippen LogP contribution in [-0.4, -0.2) is 9.78 Å². The van der Waals surface area contributed by atoms with Crippen LogP contribution in [0.5, 0.6) is 0 Å². The zero-order valence-corrected chi connectivity index (χ0v) is 8.46. The number of hydrogen-bond acceptors (Lipinski definition) is 2. The number of nitrogens with zero attached hydrogens (tertiary/aromatic N) is 2. The molecule has 0 aliphatic heterocycles. The van der Waals surface area contributed by atoms with Gasteiger partial charge >= 0.3 is 0 Å².